The van der Waals surface area contributed by atoms with Crippen LogP contribution in [0.4, 0.5) is 0 Å². The first kappa shape index (κ1) is 21.6. The maximum atomic E-state index is 12.1. The van der Waals surface area contributed by atoms with Crippen molar-refractivity contribution >= 4 is 23.5 Å². The SMILES string of the molecule is N=C(N)c1ccc(C(=O)NCCCCCNC(=O)c2cccc(C(=N)N)c2)cc1. The smallest absolute Gasteiger partial charge is 0.251 e. The van der Waals surface area contributed by atoms with Crippen LogP contribution >= 0.6 is 0 Å². The van der Waals surface area contributed by atoms with Gasteiger partial charge < -0.3 is 22.1 Å². The Labute approximate surface area is 169 Å². The van der Waals surface area contributed by atoms with Gasteiger partial charge in [-0.15, -0.1) is 0 Å². The van der Waals surface area contributed by atoms with Crippen molar-refractivity contribution in [2.75, 3.05) is 13.1 Å². The Morgan fingerprint density at radius 2 is 1.17 bits per heavy atom. The van der Waals surface area contributed by atoms with Gasteiger partial charge in [0.1, 0.15) is 11.7 Å². The van der Waals surface area contributed by atoms with Crippen molar-refractivity contribution in [1.82, 2.24) is 10.6 Å². The molecule has 8 nitrogen and oxygen atoms in total. The predicted molar refractivity (Wildman–Crippen MR) is 113 cm³/mol. The number of amides is 2. The number of benzene rings is 2. The van der Waals surface area contributed by atoms with E-state index in [2.05, 4.69) is 10.6 Å². The van der Waals surface area contributed by atoms with Crippen molar-refractivity contribution in [2.24, 2.45) is 11.5 Å². The largest absolute Gasteiger partial charge is 0.384 e. The number of carbonyl (C=O) groups excluding carboxylic acids is 2. The van der Waals surface area contributed by atoms with Crippen LogP contribution in [0.1, 0.15) is 51.1 Å². The number of unbranched alkanes of at least 4 members (excludes halogenated alkanes) is 2. The summed E-state index contributed by atoms with van der Waals surface area (Å²) in [5, 5.41) is 20.4. The van der Waals surface area contributed by atoms with Gasteiger partial charge in [-0.25, -0.2) is 0 Å². The fourth-order valence-electron chi connectivity index (χ4n) is 2.66. The summed E-state index contributed by atoms with van der Waals surface area (Å²) in [6.45, 7) is 1.07. The van der Waals surface area contributed by atoms with Crippen LogP contribution in [0, 0.1) is 10.8 Å². The van der Waals surface area contributed by atoms with Gasteiger partial charge in [0.15, 0.2) is 0 Å². The molecule has 0 aliphatic heterocycles. The molecule has 2 aromatic rings. The second-order valence-corrected chi connectivity index (χ2v) is 6.56. The number of nitrogens with two attached hydrogens (primary N) is 2. The molecule has 0 bridgehead atoms. The van der Waals surface area contributed by atoms with Crippen molar-refractivity contribution in [2.45, 2.75) is 19.3 Å². The predicted octanol–water partition coefficient (Wildman–Crippen LogP) is 1.58. The molecule has 2 rings (SSSR count). The fourth-order valence-corrected chi connectivity index (χ4v) is 2.66. The second kappa shape index (κ2) is 10.6. The summed E-state index contributed by atoms with van der Waals surface area (Å²) in [7, 11) is 0. The molecule has 2 aromatic carbocycles. The van der Waals surface area contributed by atoms with E-state index in [0.29, 0.717) is 35.3 Å². The average Bonchev–Trinajstić information content (AvgIpc) is 2.72. The Morgan fingerprint density at radius 3 is 1.72 bits per heavy atom. The van der Waals surface area contributed by atoms with Crippen molar-refractivity contribution in [3.05, 3.63) is 70.8 Å². The number of amidine groups is 2. The number of nitrogens with one attached hydrogen (secondary N) is 4. The summed E-state index contributed by atoms with van der Waals surface area (Å²) in [5.74, 6) is -0.471. The van der Waals surface area contributed by atoms with Crippen LogP contribution in [0.25, 0.3) is 0 Å². The van der Waals surface area contributed by atoms with Gasteiger partial charge in [0, 0.05) is 35.3 Å². The number of hydrogen-bond acceptors (Lipinski definition) is 4. The molecule has 0 spiro atoms. The van der Waals surface area contributed by atoms with E-state index in [9.17, 15) is 9.59 Å². The van der Waals surface area contributed by atoms with Gasteiger partial charge in [0.2, 0.25) is 0 Å². The number of carbonyl (C=O) groups is 2. The van der Waals surface area contributed by atoms with Crippen molar-refractivity contribution in [3.8, 4) is 0 Å². The molecule has 29 heavy (non-hydrogen) atoms. The minimum absolute atomic E-state index is 0.0318. The first-order chi connectivity index (χ1) is 13.9. The molecule has 0 heterocycles. The van der Waals surface area contributed by atoms with Gasteiger partial charge in [-0.1, -0.05) is 24.3 Å². The van der Waals surface area contributed by atoms with E-state index in [4.69, 9.17) is 22.3 Å². The Hall–Kier alpha value is -3.68. The highest BCUT2D eigenvalue weighted by Crippen LogP contribution is 2.06. The molecule has 0 atom stereocenters. The molecular formula is C21H26N6O2. The molecule has 2 amide bonds. The first-order valence-corrected chi connectivity index (χ1v) is 9.34. The molecule has 8 heteroatoms. The molecule has 152 valence electrons. The summed E-state index contributed by atoms with van der Waals surface area (Å²) < 4.78 is 0. The van der Waals surface area contributed by atoms with E-state index in [-0.39, 0.29) is 23.5 Å². The van der Waals surface area contributed by atoms with Crippen molar-refractivity contribution in [3.63, 3.8) is 0 Å². The molecule has 0 radical (unpaired) electrons. The highest BCUT2D eigenvalue weighted by Gasteiger charge is 2.07. The molecule has 0 aromatic heterocycles. The Bertz CT molecular complexity index is 892. The standard InChI is InChI=1S/C21H26N6O2/c22-18(23)14-7-9-15(10-8-14)20(28)26-11-2-1-3-12-27-21(29)17-6-4-5-16(13-17)19(24)25/h4-10,13H,1-3,11-12H2,(H3,22,23)(H3,24,25)(H,26,28)(H,27,29). The second-order valence-electron chi connectivity index (χ2n) is 6.56. The van der Waals surface area contributed by atoms with Gasteiger partial charge in [-0.2, -0.15) is 0 Å². The van der Waals surface area contributed by atoms with Crippen LogP contribution in [-0.4, -0.2) is 36.6 Å². The minimum atomic E-state index is -0.199. The van der Waals surface area contributed by atoms with E-state index in [0.717, 1.165) is 19.3 Å². The fraction of sp³-hybridized carbons (Fsp3) is 0.238. The Kier molecular flexibility index (Phi) is 7.90. The first-order valence-electron chi connectivity index (χ1n) is 9.34. The van der Waals surface area contributed by atoms with Gasteiger partial charge >= 0.3 is 0 Å². The molecule has 0 fully saturated rings. The van der Waals surface area contributed by atoms with E-state index in [1.807, 2.05) is 0 Å². The molecular weight excluding hydrogens is 368 g/mol. The summed E-state index contributed by atoms with van der Waals surface area (Å²) in [6.07, 6.45) is 2.45. The van der Waals surface area contributed by atoms with Gasteiger partial charge in [0.25, 0.3) is 11.8 Å². The lowest BCUT2D eigenvalue weighted by atomic mass is 10.1. The van der Waals surface area contributed by atoms with Crippen LogP contribution in [0.15, 0.2) is 48.5 Å². The molecule has 0 aliphatic rings. The zero-order chi connectivity index (χ0) is 21.2. The zero-order valence-electron chi connectivity index (χ0n) is 16.1. The summed E-state index contributed by atoms with van der Waals surface area (Å²) in [5.41, 5.74) is 12.9. The van der Waals surface area contributed by atoms with Crippen LogP contribution < -0.4 is 22.1 Å². The Morgan fingerprint density at radius 1 is 0.690 bits per heavy atom. The van der Waals surface area contributed by atoms with Gasteiger partial charge in [0.05, 0.1) is 0 Å². The number of hydrogen-bond donors (Lipinski definition) is 6. The van der Waals surface area contributed by atoms with E-state index in [1.54, 1.807) is 48.5 Å². The highest BCUT2D eigenvalue weighted by atomic mass is 16.2. The summed E-state index contributed by atoms with van der Waals surface area (Å²) in [4.78, 5) is 24.2. The third-order valence-electron chi connectivity index (χ3n) is 4.32. The lowest BCUT2D eigenvalue weighted by Crippen LogP contribution is -2.26. The van der Waals surface area contributed by atoms with Crippen LogP contribution in [-0.2, 0) is 0 Å². The van der Waals surface area contributed by atoms with Gasteiger partial charge in [-0.05, 0) is 43.5 Å². The Balaban J connectivity index is 1.63. The monoisotopic (exact) mass is 394 g/mol. The quantitative estimate of drug-likeness (QED) is 0.205. The minimum Gasteiger partial charge on any atom is -0.384 e. The number of rotatable bonds is 10. The topological polar surface area (TPSA) is 158 Å². The normalized spacial score (nSPS) is 10.2. The average molecular weight is 394 g/mol. The maximum absolute atomic E-state index is 12.1. The molecule has 0 saturated heterocycles. The van der Waals surface area contributed by atoms with Crippen molar-refractivity contribution in [1.29, 1.82) is 10.8 Å². The van der Waals surface area contributed by atoms with Gasteiger partial charge in [-0.3, -0.25) is 20.4 Å². The third-order valence-corrected chi connectivity index (χ3v) is 4.32. The lowest BCUT2D eigenvalue weighted by Gasteiger charge is -2.08. The van der Waals surface area contributed by atoms with Crippen molar-refractivity contribution < 1.29 is 9.59 Å². The molecule has 0 unspecified atom stereocenters. The van der Waals surface area contributed by atoms with Crippen LogP contribution in [0.2, 0.25) is 0 Å². The lowest BCUT2D eigenvalue weighted by molar-refractivity contribution is 0.0947. The highest BCUT2D eigenvalue weighted by molar-refractivity contribution is 6.00. The van der Waals surface area contributed by atoms with E-state index in [1.165, 1.54) is 0 Å². The van der Waals surface area contributed by atoms with E-state index >= 15 is 0 Å². The van der Waals surface area contributed by atoms with E-state index < -0.39 is 0 Å². The van der Waals surface area contributed by atoms with Crippen LogP contribution in [0.3, 0.4) is 0 Å². The number of nitrogen functional groups attached to an aromatic ring is 2. The molecule has 0 aliphatic carbocycles. The zero-order valence-corrected chi connectivity index (χ0v) is 16.1. The molecule has 0 saturated carbocycles. The summed E-state index contributed by atoms with van der Waals surface area (Å²) in [6, 6.07) is 13.2. The summed E-state index contributed by atoms with van der Waals surface area (Å²) >= 11 is 0. The maximum Gasteiger partial charge on any atom is 0.251 e. The van der Waals surface area contributed by atoms with Crippen LogP contribution in [0.5, 0.6) is 0 Å². The molecule has 8 N–H and O–H groups in total. The third kappa shape index (κ3) is 6.76.